The summed E-state index contributed by atoms with van der Waals surface area (Å²) in [4.78, 5) is 44.1. The number of amides is 2. The van der Waals surface area contributed by atoms with Crippen LogP contribution in [0.1, 0.15) is 57.7 Å². The Kier molecular flexibility index (Phi) is 6.96. The summed E-state index contributed by atoms with van der Waals surface area (Å²) >= 11 is 0. The number of nitrogens with zero attached hydrogens (tertiary/aromatic N) is 2. The number of benzene rings is 2. The fourth-order valence-corrected chi connectivity index (χ4v) is 6.79. The van der Waals surface area contributed by atoms with E-state index in [9.17, 15) is 27.2 Å². The number of halogens is 2. The lowest BCUT2D eigenvalue weighted by Gasteiger charge is -2.17. The molecule has 0 unspecified atom stereocenters. The maximum atomic E-state index is 15.3. The lowest BCUT2D eigenvalue weighted by molar-refractivity contribution is 0.0792. The number of carbonyl (C=O) groups excluding carboxylic acids is 2. The number of hydrogen-bond acceptors (Lipinski definition) is 5. The summed E-state index contributed by atoms with van der Waals surface area (Å²) in [6.07, 6.45) is 3.98. The molecule has 0 radical (unpaired) electrons. The Morgan fingerprint density at radius 1 is 1.05 bits per heavy atom. The number of aryl methyl sites for hydroxylation is 1. The molecule has 1 aliphatic heterocycles. The molecular weight excluding hydrogens is 566 g/mol. The molecule has 9 nitrogen and oxygen atoms in total. The van der Waals surface area contributed by atoms with Crippen LogP contribution in [-0.2, 0) is 16.6 Å². The van der Waals surface area contributed by atoms with Crippen molar-refractivity contribution in [3.8, 4) is 11.1 Å². The number of sulfonamides is 1. The van der Waals surface area contributed by atoms with Crippen LogP contribution in [0, 0.1) is 18.6 Å². The van der Waals surface area contributed by atoms with Crippen molar-refractivity contribution in [1.29, 1.82) is 0 Å². The third kappa shape index (κ3) is 5.00. The SMILES string of the molecule is Cc1cc2c(-c3ccc[nH]c3=O)c(C(=O)NS(=O)(=O)C3CC3)n(Cc3cc(C(=O)N4CCCC4)ccc3F)c2cc1F. The highest BCUT2D eigenvalue weighted by Crippen LogP contribution is 2.37. The lowest BCUT2D eigenvalue weighted by atomic mass is 10.0. The minimum absolute atomic E-state index is 0.0329. The Hall–Kier alpha value is -4.32. The van der Waals surface area contributed by atoms with Gasteiger partial charge in [-0.3, -0.25) is 14.4 Å². The molecule has 2 fully saturated rings. The summed E-state index contributed by atoms with van der Waals surface area (Å²) in [5.74, 6) is -2.55. The normalized spacial score (nSPS) is 15.4. The molecule has 1 saturated heterocycles. The second kappa shape index (κ2) is 10.5. The highest BCUT2D eigenvalue weighted by Gasteiger charge is 2.38. The maximum Gasteiger partial charge on any atom is 0.282 e. The molecule has 0 spiro atoms. The van der Waals surface area contributed by atoms with Gasteiger partial charge < -0.3 is 14.5 Å². The Labute approximate surface area is 240 Å². The minimum Gasteiger partial charge on any atom is -0.339 e. The Morgan fingerprint density at radius 3 is 2.48 bits per heavy atom. The number of H-pyrrole nitrogens is 1. The number of rotatable bonds is 7. The molecule has 4 aromatic rings. The van der Waals surface area contributed by atoms with Gasteiger partial charge in [0.2, 0.25) is 10.0 Å². The predicted octanol–water partition coefficient (Wildman–Crippen LogP) is 4.09. The first-order chi connectivity index (χ1) is 20.0. The van der Waals surface area contributed by atoms with Gasteiger partial charge in [-0.25, -0.2) is 21.9 Å². The number of nitrogens with one attached hydrogen (secondary N) is 2. The fraction of sp³-hybridized carbons (Fsp3) is 0.300. The van der Waals surface area contributed by atoms with Crippen LogP contribution in [0.15, 0.2) is 53.5 Å². The molecule has 0 atom stereocenters. The third-order valence-electron chi connectivity index (χ3n) is 7.86. The molecule has 0 bridgehead atoms. The first-order valence-corrected chi connectivity index (χ1v) is 15.2. The molecule has 2 N–H and O–H groups in total. The summed E-state index contributed by atoms with van der Waals surface area (Å²) in [5, 5.41) is -0.405. The first kappa shape index (κ1) is 27.8. The number of aromatic nitrogens is 2. The van der Waals surface area contributed by atoms with Gasteiger partial charge in [0.05, 0.1) is 17.3 Å². The van der Waals surface area contributed by atoms with Crippen molar-refractivity contribution in [2.45, 2.75) is 44.4 Å². The van der Waals surface area contributed by atoms with Crippen LogP contribution in [0.25, 0.3) is 22.0 Å². The van der Waals surface area contributed by atoms with Crippen molar-refractivity contribution < 1.29 is 26.8 Å². The van der Waals surface area contributed by atoms with E-state index in [1.54, 1.807) is 11.0 Å². The molecule has 1 aliphatic carbocycles. The summed E-state index contributed by atoms with van der Waals surface area (Å²) in [7, 11) is -4.02. The van der Waals surface area contributed by atoms with Gasteiger partial charge in [-0.2, -0.15) is 0 Å². The van der Waals surface area contributed by atoms with Crippen molar-refractivity contribution in [1.82, 2.24) is 19.2 Å². The molecule has 218 valence electrons. The van der Waals surface area contributed by atoms with E-state index in [2.05, 4.69) is 9.71 Å². The third-order valence-corrected chi connectivity index (χ3v) is 9.68. The average Bonchev–Trinajstić information content (AvgIpc) is 3.61. The molecule has 2 amide bonds. The second-order valence-corrected chi connectivity index (χ2v) is 12.8. The van der Waals surface area contributed by atoms with Crippen LogP contribution in [0.4, 0.5) is 8.78 Å². The van der Waals surface area contributed by atoms with Crippen molar-refractivity contribution in [2.75, 3.05) is 13.1 Å². The summed E-state index contributed by atoms with van der Waals surface area (Å²) in [5.41, 5.74) is 0.0204. The van der Waals surface area contributed by atoms with E-state index >= 15 is 4.39 Å². The van der Waals surface area contributed by atoms with Crippen molar-refractivity contribution in [3.63, 3.8) is 0 Å². The number of fused-ring (bicyclic) bond motifs is 1. The Morgan fingerprint density at radius 2 is 1.79 bits per heavy atom. The van der Waals surface area contributed by atoms with Crippen LogP contribution in [-0.4, -0.2) is 53.0 Å². The van der Waals surface area contributed by atoms with E-state index in [1.807, 2.05) is 0 Å². The molecule has 2 aromatic carbocycles. The van der Waals surface area contributed by atoms with E-state index in [-0.39, 0.29) is 51.5 Å². The number of carbonyl (C=O) groups is 2. The van der Waals surface area contributed by atoms with E-state index in [4.69, 9.17) is 0 Å². The zero-order chi connectivity index (χ0) is 29.8. The second-order valence-electron chi connectivity index (χ2n) is 10.8. The van der Waals surface area contributed by atoms with E-state index < -0.39 is 38.4 Å². The standard InChI is InChI=1S/C30H28F2N4O5S/c1-17-13-22-25(15-24(17)32)36(16-19-14-18(6-9-23(19)31)30(39)35-11-2-3-12-35)27(26(22)21-5-4-10-33-28(21)37)29(38)34-42(40,41)20-7-8-20/h4-6,9-10,13-15,20H,2-3,7-8,11-12,16H2,1H3,(H,33,37)(H,34,38). The van der Waals surface area contributed by atoms with Gasteiger partial charge in [0, 0.05) is 46.9 Å². The molecular formula is C30H28F2N4O5S. The predicted molar refractivity (Wildman–Crippen MR) is 153 cm³/mol. The van der Waals surface area contributed by atoms with Gasteiger partial charge in [-0.05, 0) is 80.6 Å². The summed E-state index contributed by atoms with van der Waals surface area (Å²) in [6.45, 7) is 2.38. The van der Waals surface area contributed by atoms with Crippen molar-refractivity contribution >= 4 is 32.7 Å². The minimum atomic E-state index is -4.02. The first-order valence-electron chi connectivity index (χ1n) is 13.7. The summed E-state index contributed by atoms with van der Waals surface area (Å²) < 4.78 is 59.3. The van der Waals surface area contributed by atoms with Crippen molar-refractivity contribution in [3.05, 3.63) is 93.0 Å². The molecule has 6 rings (SSSR count). The number of pyridine rings is 1. The molecule has 2 aliphatic rings. The van der Waals surface area contributed by atoms with Gasteiger partial charge in [0.25, 0.3) is 17.4 Å². The monoisotopic (exact) mass is 594 g/mol. The topological polar surface area (TPSA) is 121 Å². The van der Waals surface area contributed by atoms with E-state index in [0.717, 1.165) is 18.9 Å². The van der Waals surface area contributed by atoms with E-state index in [1.165, 1.54) is 48.0 Å². The lowest BCUT2D eigenvalue weighted by Crippen LogP contribution is -2.35. The van der Waals surface area contributed by atoms with Gasteiger partial charge in [0.1, 0.15) is 17.3 Å². The van der Waals surface area contributed by atoms with Crippen LogP contribution in [0.2, 0.25) is 0 Å². The fourth-order valence-electron chi connectivity index (χ4n) is 5.51. The van der Waals surface area contributed by atoms with Crippen LogP contribution < -0.4 is 10.3 Å². The average molecular weight is 595 g/mol. The highest BCUT2D eigenvalue weighted by atomic mass is 32.2. The number of hydrogen-bond donors (Lipinski definition) is 2. The Bertz CT molecular complexity index is 1920. The zero-order valence-electron chi connectivity index (χ0n) is 22.7. The highest BCUT2D eigenvalue weighted by molar-refractivity contribution is 7.91. The number of aromatic amines is 1. The van der Waals surface area contributed by atoms with E-state index in [0.29, 0.717) is 31.3 Å². The van der Waals surface area contributed by atoms with Gasteiger partial charge in [-0.15, -0.1) is 0 Å². The number of likely N-dealkylation sites (tertiary alicyclic amines) is 1. The molecule has 42 heavy (non-hydrogen) atoms. The maximum absolute atomic E-state index is 15.3. The van der Waals surface area contributed by atoms with Crippen LogP contribution in [0.3, 0.4) is 0 Å². The quantitative estimate of drug-likeness (QED) is 0.334. The molecule has 12 heteroatoms. The largest absolute Gasteiger partial charge is 0.339 e. The zero-order valence-corrected chi connectivity index (χ0v) is 23.6. The van der Waals surface area contributed by atoms with Gasteiger partial charge in [0.15, 0.2) is 0 Å². The molecule has 1 saturated carbocycles. The van der Waals surface area contributed by atoms with Crippen LogP contribution >= 0.6 is 0 Å². The van der Waals surface area contributed by atoms with Gasteiger partial charge >= 0.3 is 0 Å². The smallest absolute Gasteiger partial charge is 0.282 e. The molecule has 3 heterocycles. The Balaban J connectivity index is 1.57. The van der Waals surface area contributed by atoms with Crippen molar-refractivity contribution in [2.24, 2.45) is 0 Å². The molecule has 2 aromatic heterocycles. The summed E-state index contributed by atoms with van der Waals surface area (Å²) in [6, 6.07) is 9.61. The van der Waals surface area contributed by atoms with Gasteiger partial charge in [-0.1, -0.05) is 0 Å². The van der Waals surface area contributed by atoms with Crippen LogP contribution in [0.5, 0.6) is 0 Å².